The third-order valence-corrected chi connectivity index (χ3v) is 6.35. The zero-order valence-corrected chi connectivity index (χ0v) is 16.7. The molecule has 5 nitrogen and oxygen atoms in total. The number of aryl methyl sites for hydroxylation is 2. The summed E-state index contributed by atoms with van der Waals surface area (Å²) in [7, 11) is 1.90. The Morgan fingerprint density at radius 1 is 1.36 bits per heavy atom. The van der Waals surface area contributed by atoms with Crippen molar-refractivity contribution in [1.82, 2.24) is 20.4 Å². The summed E-state index contributed by atoms with van der Waals surface area (Å²) in [6, 6.07) is 10.4. The van der Waals surface area contributed by atoms with Crippen LogP contribution in [0.15, 0.2) is 42.6 Å². The Morgan fingerprint density at radius 3 is 2.96 bits per heavy atom. The van der Waals surface area contributed by atoms with Gasteiger partial charge in [0.1, 0.15) is 5.82 Å². The molecule has 7 heteroatoms. The highest BCUT2D eigenvalue weighted by Gasteiger charge is 2.28. The minimum Gasteiger partial charge on any atom is -0.347 e. The molecule has 2 atom stereocenters. The molecule has 0 spiro atoms. The lowest BCUT2D eigenvalue weighted by molar-refractivity contribution is 0.0928. The van der Waals surface area contributed by atoms with Crippen LogP contribution in [-0.2, 0) is 7.05 Å². The van der Waals surface area contributed by atoms with Crippen molar-refractivity contribution in [2.75, 3.05) is 13.1 Å². The van der Waals surface area contributed by atoms with E-state index in [0.29, 0.717) is 11.4 Å². The van der Waals surface area contributed by atoms with Gasteiger partial charge in [-0.2, -0.15) is 5.10 Å². The first kappa shape index (κ1) is 18.8. The normalized spacial score (nSPS) is 19.5. The first-order valence-corrected chi connectivity index (χ1v) is 10.2. The van der Waals surface area contributed by atoms with Crippen LogP contribution in [0.1, 0.15) is 33.1 Å². The molecule has 1 aliphatic rings. The number of amides is 1. The van der Waals surface area contributed by atoms with E-state index >= 15 is 0 Å². The van der Waals surface area contributed by atoms with Crippen LogP contribution >= 0.6 is 11.3 Å². The highest BCUT2D eigenvalue weighted by Crippen LogP contribution is 2.31. The highest BCUT2D eigenvalue weighted by molar-refractivity contribution is 7.17. The van der Waals surface area contributed by atoms with Crippen molar-refractivity contribution in [2.45, 2.75) is 25.3 Å². The second kappa shape index (κ2) is 7.85. The zero-order valence-electron chi connectivity index (χ0n) is 15.9. The van der Waals surface area contributed by atoms with E-state index in [2.05, 4.69) is 15.7 Å². The van der Waals surface area contributed by atoms with Crippen LogP contribution in [-0.4, -0.2) is 34.8 Å². The molecular formula is C21H23FN4OS. The molecule has 28 heavy (non-hydrogen) atoms. The largest absolute Gasteiger partial charge is 0.347 e. The topological polar surface area (TPSA) is 59.0 Å². The lowest BCUT2D eigenvalue weighted by Gasteiger charge is -2.33. The predicted molar refractivity (Wildman–Crippen MR) is 109 cm³/mol. The Hall–Kier alpha value is -2.51. The van der Waals surface area contributed by atoms with Gasteiger partial charge < -0.3 is 10.6 Å². The van der Waals surface area contributed by atoms with Crippen molar-refractivity contribution in [3.05, 3.63) is 64.4 Å². The number of piperidine rings is 1. The number of hydrogen-bond donors (Lipinski definition) is 2. The summed E-state index contributed by atoms with van der Waals surface area (Å²) in [6.07, 6.45) is 2.68. The Bertz CT molecular complexity index is 976. The number of nitrogens with zero attached hydrogens (tertiary/aromatic N) is 2. The van der Waals surface area contributed by atoms with E-state index in [9.17, 15) is 9.18 Å². The van der Waals surface area contributed by atoms with Crippen LogP contribution < -0.4 is 10.6 Å². The van der Waals surface area contributed by atoms with Crippen molar-refractivity contribution < 1.29 is 9.18 Å². The molecule has 0 bridgehead atoms. The maximum absolute atomic E-state index is 13.7. The fourth-order valence-electron chi connectivity index (χ4n) is 3.87. The highest BCUT2D eigenvalue weighted by atomic mass is 32.1. The number of carbonyl (C=O) groups excluding carboxylic acids is 1. The average molecular weight is 399 g/mol. The molecule has 3 heterocycles. The monoisotopic (exact) mass is 398 g/mol. The van der Waals surface area contributed by atoms with Gasteiger partial charge >= 0.3 is 0 Å². The van der Waals surface area contributed by atoms with Crippen LogP contribution in [0.25, 0.3) is 10.6 Å². The standard InChI is InChI=1S/C21H23FN4OS/c1-13-11-24-26(2)20(13)18-6-7-19(28-18)21(27)25-17-12-23-9-8-16(17)14-4-3-5-15(22)10-14/h3-7,10-11,16-17,23H,8-9,12H2,1-2H3,(H,25,27)/t16-,17+/m0/s1. The van der Waals surface area contributed by atoms with Gasteiger partial charge in [-0.05, 0) is 55.3 Å². The lowest BCUT2D eigenvalue weighted by Crippen LogP contribution is -2.49. The summed E-state index contributed by atoms with van der Waals surface area (Å²) < 4.78 is 15.5. The van der Waals surface area contributed by atoms with Crippen LogP contribution in [0.3, 0.4) is 0 Å². The summed E-state index contributed by atoms with van der Waals surface area (Å²) in [4.78, 5) is 14.6. The van der Waals surface area contributed by atoms with Crippen molar-refractivity contribution in [3.8, 4) is 10.6 Å². The molecule has 1 fully saturated rings. The van der Waals surface area contributed by atoms with E-state index in [4.69, 9.17) is 0 Å². The van der Waals surface area contributed by atoms with Gasteiger partial charge in [-0.3, -0.25) is 9.48 Å². The van der Waals surface area contributed by atoms with Crippen molar-refractivity contribution in [3.63, 3.8) is 0 Å². The number of nitrogens with one attached hydrogen (secondary N) is 2. The van der Waals surface area contributed by atoms with Gasteiger partial charge in [0.15, 0.2) is 0 Å². The molecule has 4 rings (SSSR count). The summed E-state index contributed by atoms with van der Waals surface area (Å²) in [5.41, 5.74) is 3.05. The number of hydrogen-bond acceptors (Lipinski definition) is 4. The number of thiophene rings is 1. The minimum atomic E-state index is -0.240. The first-order chi connectivity index (χ1) is 13.5. The average Bonchev–Trinajstić information content (AvgIpc) is 3.28. The zero-order chi connectivity index (χ0) is 19.7. The summed E-state index contributed by atoms with van der Waals surface area (Å²) in [5.74, 6) is -0.235. The Labute approximate surface area is 167 Å². The van der Waals surface area contributed by atoms with Crippen LogP contribution in [0.5, 0.6) is 0 Å². The molecule has 2 N–H and O–H groups in total. The maximum Gasteiger partial charge on any atom is 0.261 e. The molecule has 1 amide bonds. The first-order valence-electron chi connectivity index (χ1n) is 9.39. The number of benzene rings is 1. The molecular weight excluding hydrogens is 375 g/mol. The molecule has 1 aromatic carbocycles. The second-order valence-corrected chi connectivity index (χ2v) is 8.28. The van der Waals surface area contributed by atoms with E-state index in [1.807, 2.05) is 43.0 Å². The molecule has 3 aromatic rings. The quantitative estimate of drug-likeness (QED) is 0.708. The van der Waals surface area contributed by atoms with E-state index in [0.717, 1.165) is 34.7 Å². The predicted octanol–water partition coefficient (Wildman–Crippen LogP) is 3.47. The minimum absolute atomic E-state index is 0.0768. The van der Waals surface area contributed by atoms with Crippen LogP contribution in [0.2, 0.25) is 0 Å². The third-order valence-electron chi connectivity index (χ3n) is 5.26. The third kappa shape index (κ3) is 3.72. The molecule has 0 saturated carbocycles. The van der Waals surface area contributed by atoms with Gasteiger partial charge in [-0.1, -0.05) is 12.1 Å². The summed E-state index contributed by atoms with van der Waals surface area (Å²) >= 11 is 1.46. The smallest absolute Gasteiger partial charge is 0.261 e. The van der Waals surface area contributed by atoms with Gasteiger partial charge in [-0.25, -0.2) is 4.39 Å². The number of carbonyl (C=O) groups is 1. The summed E-state index contributed by atoms with van der Waals surface area (Å²) in [6.45, 7) is 3.54. The van der Waals surface area contributed by atoms with Gasteiger partial charge in [-0.15, -0.1) is 11.3 Å². The molecule has 146 valence electrons. The molecule has 0 aliphatic carbocycles. The molecule has 0 unspecified atom stereocenters. The Balaban J connectivity index is 1.52. The van der Waals surface area contributed by atoms with E-state index in [-0.39, 0.29) is 23.7 Å². The lowest BCUT2D eigenvalue weighted by atomic mass is 9.86. The van der Waals surface area contributed by atoms with E-state index < -0.39 is 0 Å². The SMILES string of the molecule is Cc1cnn(C)c1-c1ccc(C(=O)N[C@@H]2CNCC[C@H]2c2cccc(F)c2)s1. The number of rotatable bonds is 4. The second-order valence-electron chi connectivity index (χ2n) is 7.20. The van der Waals surface area contributed by atoms with Crippen molar-refractivity contribution in [2.24, 2.45) is 7.05 Å². The molecule has 0 radical (unpaired) electrons. The van der Waals surface area contributed by atoms with Gasteiger partial charge in [0.2, 0.25) is 0 Å². The Kier molecular flexibility index (Phi) is 5.28. The number of halogens is 1. The molecule has 1 saturated heterocycles. The maximum atomic E-state index is 13.7. The number of aromatic nitrogens is 2. The molecule has 1 aliphatic heterocycles. The Morgan fingerprint density at radius 2 is 2.21 bits per heavy atom. The van der Waals surface area contributed by atoms with Gasteiger partial charge in [0.25, 0.3) is 5.91 Å². The van der Waals surface area contributed by atoms with Gasteiger partial charge in [0.05, 0.1) is 21.6 Å². The van der Waals surface area contributed by atoms with Crippen molar-refractivity contribution >= 4 is 17.2 Å². The van der Waals surface area contributed by atoms with E-state index in [1.54, 1.807) is 12.1 Å². The van der Waals surface area contributed by atoms with Crippen molar-refractivity contribution in [1.29, 1.82) is 0 Å². The fourth-order valence-corrected chi connectivity index (χ4v) is 4.92. The van der Waals surface area contributed by atoms with E-state index in [1.165, 1.54) is 17.4 Å². The summed E-state index contributed by atoms with van der Waals surface area (Å²) in [5, 5.41) is 10.8. The van der Waals surface area contributed by atoms with Gasteiger partial charge in [0, 0.05) is 25.6 Å². The fraction of sp³-hybridized carbons (Fsp3) is 0.333. The van der Waals surface area contributed by atoms with Crippen LogP contribution in [0.4, 0.5) is 4.39 Å². The van der Waals surface area contributed by atoms with Crippen LogP contribution in [0, 0.1) is 12.7 Å². The molecule has 2 aromatic heterocycles.